The molecule has 1 saturated heterocycles. The number of hydrogen-bond donors (Lipinski definition) is 2. The van der Waals surface area contributed by atoms with Gasteiger partial charge in [-0.25, -0.2) is 4.98 Å². The second kappa shape index (κ2) is 5.16. The van der Waals surface area contributed by atoms with Crippen LogP contribution >= 0.6 is 23.1 Å². The summed E-state index contributed by atoms with van der Waals surface area (Å²) in [6, 6.07) is 0.200. The molecule has 16 heavy (non-hydrogen) atoms. The molecule has 0 aromatic carbocycles. The third-order valence-corrected chi connectivity index (χ3v) is 4.62. The predicted octanol–water partition coefficient (Wildman–Crippen LogP) is 1.40. The van der Waals surface area contributed by atoms with Gasteiger partial charge in [0, 0.05) is 17.2 Å². The molecule has 6 heteroatoms. The summed E-state index contributed by atoms with van der Waals surface area (Å²) < 4.78 is 0. The number of nitrogens with one attached hydrogen (secondary N) is 1. The van der Waals surface area contributed by atoms with E-state index in [0.29, 0.717) is 11.7 Å². The first kappa shape index (κ1) is 11.9. The molecule has 3 N–H and O–H groups in total. The summed E-state index contributed by atoms with van der Waals surface area (Å²) in [6.07, 6.45) is 1.06. The van der Waals surface area contributed by atoms with Crippen LogP contribution in [0.2, 0.25) is 0 Å². The molecule has 0 radical (unpaired) electrons. The predicted molar refractivity (Wildman–Crippen MR) is 67.9 cm³/mol. The van der Waals surface area contributed by atoms with Crippen molar-refractivity contribution in [2.45, 2.75) is 25.4 Å². The topological polar surface area (TPSA) is 68.0 Å². The van der Waals surface area contributed by atoms with Crippen molar-refractivity contribution in [1.29, 1.82) is 0 Å². The Balaban J connectivity index is 1.97. The smallest absolute Gasteiger partial charge is 0.271 e. The summed E-state index contributed by atoms with van der Waals surface area (Å²) in [5.41, 5.74) is 6.20. The van der Waals surface area contributed by atoms with Crippen molar-refractivity contribution in [1.82, 2.24) is 10.3 Å². The van der Waals surface area contributed by atoms with Crippen LogP contribution in [0.4, 0.5) is 0 Å². The van der Waals surface area contributed by atoms with Crippen LogP contribution in [0.1, 0.15) is 34.9 Å². The van der Waals surface area contributed by atoms with E-state index in [-0.39, 0.29) is 11.9 Å². The Morgan fingerprint density at radius 3 is 3.12 bits per heavy atom. The van der Waals surface area contributed by atoms with Crippen LogP contribution < -0.4 is 11.1 Å². The highest BCUT2D eigenvalue weighted by Crippen LogP contribution is 2.19. The van der Waals surface area contributed by atoms with Gasteiger partial charge in [0.2, 0.25) is 0 Å². The lowest BCUT2D eigenvalue weighted by atomic mass is 10.2. The Morgan fingerprint density at radius 2 is 2.56 bits per heavy atom. The summed E-state index contributed by atoms with van der Waals surface area (Å²) in [6.45, 7) is 1.87. The molecule has 0 bridgehead atoms. The molecule has 1 fully saturated rings. The van der Waals surface area contributed by atoms with Gasteiger partial charge < -0.3 is 11.1 Å². The summed E-state index contributed by atoms with van der Waals surface area (Å²) in [4.78, 5) is 16.0. The fraction of sp³-hybridized carbons (Fsp3) is 0.600. The molecule has 0 aliphatic carbocycles. The van der Waals surface area contributed by atoms with Gasteiger partial charge >= 0.3 is 0 Å². The number of aromatic nitrogens is 1. The van der Waals surface area contributed by atoms with Gasteiger partial charge in [0.1, 0.15) is 10.7 Å². The lowest BCUT2D eigenvalue weighted by Gasteiger charge is -2.09. The fourth-order valence-corrected chi connectivity index (χ4v) is 3.42. The van der Waals surface area contributed by atoms with Crippen molar-refractivity contribution in [3.63, 3.8) is 0 Å². The van der Waals surface area contributed by atoms with E-state index in [9.17, 15) is 4.79 Å². The molecule has 88 valence electrons. The minimum atomic E-state index is -0.103. The zero-order chi connectivity index (χ0) is 11.5. The zero-order valence-corrected chi connectivity index (χ0v) is 10.7. The first-order valence-corrected chi connectivity index (χ1v) is 7.30. The summed E-state index contributed by atoms with van der Waals surface area (Å²) >= 11 is 3.32. The zero-order valence-electron chi connectivity index (χ0n) is 9.10. The number of thioether (sulfide) groups is 1. The van der Waals surface area contributed by atoms with Gasteiger partial charge in [-0.05, 0) is 19.1 Å². The van der Waals surface area contributed by atoms with E-state index in [0.717, 1.165) is 22.9 Å². The minimum absolute atomic E-state index is 0.0735. The van der Waals surface area contributed by atoms with Gasteiger partial charge in [-0.1, -0.05) is 0 Å². The molecule has 1 aliphatic rings. The van der Waals surface area contributed by atoms with Crippen molar-refractivity contribution in [3.05, 3.63) is 16.1 Å². The molecule has 4 nitrogen and oxygen atoms in total. The lowest BCUT2D eigenvalue weighted by molar-refractivity contribution is 0.0936. The van der Waals surface area contributed by atoms with Gasteiger partial charge in [-0.3, -0.25) is 4.79 Å². The van der Waals surface area contributed by atoms with Crippen LogP contribution in [0.5, 0.6) is 0 Å². The van der Waals surface area contributed by atoms with Crippen LogP contribution in [-0.4, -0.2) is 28.4 Å². The largest absolute Gasteiger partial charge is 0.347 e. The Labute approximate surface area is 103 Å². The van der Waals surface area contributed by atoms with Crippen molar-refractivity contribution in [2.24, 2.45) is 5.73 Å². The second-order valence-corrected chi connectivity index (χ2v) is 5.93. The maximum atomic E-state index is 11.8. The van der Waals surface area contributed by atoms with Gasteiger partial charge in [0.25, 0.3) is 5.91 Å². The van der Waals surface area contributed by atoms with Gasteiger partial charge in [-0.15, -0.1) is 11.3 Å². The Hall–Kier alpha value is -0.590. The number of nitrogens with zero attached hydrogens (tertiary/aromatic N) is 1. The first-order chi connectivity index (χ1) is 7.66. The molecule has 1 amide bonds. The van der Waals surface area contributed by atoms with Crippen LogP contribution in [0.15, 0.2) is 5.38 Å². The van der Waals surface area contributed by atoms with Gasteiger partial charge in [-0.2, -0.15) is 11.8 Å². The molecule has 2 rings (SSSR count). The van der Waals surface area contributed by atoms with Crippen LogP contribution in [0.25, 0.3) is 0 Å². The van der Waals surface area contributed by atoms with Crippen molar-refractivity contribution < 1.29 is 4.79 Å². The highest BCUT2D eigenvalue weighted by Gasteiger charge is 2.20. The summed E-state index contributed by atoms with van der Waals surface area (Å²) in [7, 11) is 0. The number of rotatable bonds is 3. The number of nitrogens with two attached hydrogens (primary N) is 1. The molecule has 2 atom stereocenters. The van der Waals surface area contributed by atoms with E-state index < -0.39 is 0 Å². The Kier molecular flexibility index (Phi) is 3.83. The van der Waals surface area contributed by atoms with Crippen LogP contribution in [0, 0.1) is 0 Å². The quantitative estimate of drug-likeness (QED) is 0.859. The molecule has 1 aromatic heterocycles. The molecule has 0 saturated carbocycles. The average Bonchev–Trinajstić information content (AvgIpc) is 2.86. The Morgan fingerprint density at radius 1 is 1.75 bits per heavy atom. The van der Waals surface area contributed by atoms with E-state index in [1.165, 1.54) is 11.3 Å². The second-order valence-electron chi connectivity index (χ2n) is 3.89. The number of hydrogen-bond acceptors (Lipinski definition) is 5. The fourth-order valence-electron chi connectivity index (χ4n) is 1.51. The van der Waals surface area contributed by atoms with Crippen molar-refractivity contribution >= 4 is 29.0 Å². The first-order valence-electron chi connectivity index (χ1n) is 5.26. The SMILES string of the molecule is CC(N)c1nc(C(=O)NC2CCSC2)cs1. The third kappa shape index (κ3) is 2.75. The maximum Gasteiger partial charge on any atom is 0.271 e. The summed E-state index contributed by atoms with van der Waals surface area (Å²) in [5.74, 6) is 2.07. The molecular weight excluding hydrogens is 242 g/mol. The van der Waals surface area contributed by atoms with E-state index >= 15 is 0 Å². The molecule has 0 spiro atoms. The van der Waals surface area contributed by atoms with Crippen molar-refractivity contribution in [2.75, 3.05) is 11.5 Å². The van der Waals surface area contributed by atoms with E-state index in [2.05, 4.69) is 10.3 Å². The van der Waals surface area contributed by atoms with E-state index in [4.69, 9.17) is 5.73 Å². The molecular formula is C10H15N3OS2. The molecule has 2 unspecified atom stereocenters. The highest BCUT2D eigenvalue weighted by atomic mass is 32.2. The number of amides is 1. The Bertz CT molecular complexity index is 372. The van der Waals surface area contributed by atoms with Crippen LogP contribution in [0.3, 0.4) is 0 Å². The third-order valence-electron chi connectivity index (χ3n) is 2.41. The van der Waals surface area contributed by atoms with E-state index in [1.807, 2.05) is 18.7 Å². The molecule has 1 aliphatic heterocycles. The minimum Gasteiger partial charge on any atom is -0.347 e. The van der Waals surface area contributed by atoms with Crippen molar-refractivity contribution in [3.8, 4) is 0 Å². The highest BCUT2D eigenvalue weighted by molar-refractivity contribution is 7.99. The number of carbonyl (C=O) groups is 1. The van der Waals surface area contributed by atoms with Crippen LogP contribution in [-0.2, 0) is 0 Å². The normalized spacial score (nSPS) is 22.0. The average molecular weight is 257 g/mol. The maximum absolute atomic E-state index is 11.8. The van der Waals surface area contributed by atoms with E-state index in [1.54, 1.807) is 5.38 Å². The lowest BCUT2D eigenvalue weighted by Crippen LogP contribution is -2.34. The monoisotopic (exact) mass is 257 g/mol. The summed E-state index contributed by atoms with van der Waals surface area (Å²) in [5, 5.41) is 5.58. The number of thiazole rings is 1. The van der Waals surface area contributed by atoms with Gasteiger partial charge in [0.15, 0.2) is 0 Å². The molecule has 1 aromatic rings. The van der Waals surface area contributed by atoms with Gasteiger partial charge in [0.05, 0.1) is 6.04 Å². The standard InChI is InChI=1S/C10H15N3OS2/c1-6(11)10-13-8(5-16-10)9(14)12-7-2-3-15-4-7/h5-7H,2-4,11H2,1H3,(H,12,14). The molecule has 2 heterocycles. The number of carbonyl (C=O) groups excluding carboxylic acids is 1.